The minimum atomic E-state index is 0.715. The molecule has 0 saturated carbocycles. The molecule has 0 saturated heterocycles. The van der Waals surface area contributed by atoms with Crippen LogP contribution in [0.2, 0.25) is 0 Å². The molecule has 0 radical (unpaired) electrons. The first-order valence-corrected chi connectivity index (χ1v) is 6.49. The number of hydrogen-bond donors (Lipinski definition) is 2. The van der Waals surface area contributed by atoms with Gasteiger partial charge in [0.05, 0.1) is 16.4 Å². The van der Waals surface area contributed by atoms with Gasteiger partial charge < -0.3 is 11.1 Å². The van der Waals surface area contributed by atoms with E-state index in [-0.39, 0.29) is 0 Å². The lowest BCUT2D eigenvalue weighted by molar-refractivity contribution is 1.15. The smallest absolute Gasteiger partial charge is 0.140 e. The first-order valence-electron chi connectivity index (χ1n) is 4.30. The van der Waals surface area contributed by atoms with Gasteiger partial charge in [0, 0.05) is 12.3 Å². The highest BCUT2D eigenvalue weighted by Crippen LogP contribution is 2.27. The Morgan fingerprint density at radius 1 is 1.64 bits per heavy atom. The van der Waals surface area contributed by atoms with Crippen molar-refractivity contribution < 1.29 is 0 Å². The number of thioether (sulfide) groups is 1. The van der Waals surface area contributed by atoms with Crippen molar-refractivity contribution in [3.8, 4) is 0 Å². The number of pyridine rings is 1. The summed E-state index contributed by atoms with van der Waals surface area (Å²) >= 11 is 5.28. The van der Waals surface area contributed by atoms with E-state index in [4.69, 9.17) is 5.73 Å². The Morgan fingerprint density at radius 2 is 2.36 bits per heavy atom. The molecule has 3 nitrogen and oxygen atoms in total. The van der Waals surface area contributed by atoms with Crippen molar-refractivity contribution in [2.75, 3.05) is 29.6 Å². The maximum absolute atomic E-state index is 5.72. The Labute approximate surface area is 97.0 Å². The van der Waals surface area contributed by atoms with E-state index in [0.717, 1.165) is 28.2 Å². The Morgan fingerprint density at radius 3 is 3.00 bits per heavy atom. The fourth-order valence-corrected chi connectivity index (χ4v) is 1.76. The third kappa shape index (κ3) is 2.78. The van der Waals surface area contributed by atoms with Gasteiger partial charge in [-0.1, -0.05) is 0 Å². The lowest BCUT2D eigenvalue weighted by Gasteiger charge is -2.09. The van der Waals surface area contributed by atoms with Gasteiger partial charge in [-0.25, -0.2) is 4.98 Å². The number of halogens is 1. The van der Waals surface area contributed by atoms with Crippen molar-refractivity contribution in [2.45, 2.75) is 6.92 Å². The zero-order chi connectivity index (χ0) is 10.6. The van der Waals surface area contributed by atoms with E-state index in [1.165, 1.54) is 0 Å². The van der Waals surface area contributed by atoms with Crippen LogP contribution in [0.15, 0.2) is 10.7 Å². The molecule has 3 N–H and O–H groups in total. The van der Waals surface area contributed by atoms with Crippen LogP contribution in [0.5, 0.6) is 0 Å². The number of nitrogens with two attached hydrogens (primary N) is 1. The highest BCUT2D eigenvalue weighted by atomic mass is 79.9. The molecular weight excluding hydrogens is 262 g/mol. The number of hydrogen-bond acceptors (Lipinski definition) is 4. The summed E-state index contributed by atoms with van der Waals surface area (Å²) in [5.41, 5.74) is 7.47. The standard InChI is InChI=1S/C9H14BrN3S/c1-6-7(11)5-13-9(8(6)10)12-3-4-14-2/h5H,3-4,11H2,1-2H3,(H,12,13). The summed E-state index contributed by atoms with van der Waals surface area (Å²) in [7, 11) is 0. The summed E-state index contributed by atoms with van der Waals surface area (Å²) in [6, 6.07) is 0. The van der Waals surface area contributed by atoms with Crippen molar-refractivity contribution >= 4 is 39.2 Å². The molecular formula is C9H14BrN3S. The number of nitrogen functional groups attached to an aromatic ring is 1. The number of rotatable bonds is 4. The van der Waals surface area contributed by atoms with Gasteiger partial charge in [-0.15, -0.1) is 0 Å². The van der Waals surface area contributed by atoms with Gasteiger partial charge in [-0.05, 0) is 34.7 Å². The van der Waals surface area contributed by atoms with E-state index in [2.05, 4.69) is 32.5 Å². The second kappa shape index (κ2) is 5.46. The predicted molar refractivity (Wildman–Crippen MR) is 68.0 cm³/mol. The number of anilines is 2. The van der Waals surface area contributed by atoms with Gasteiger partial charge in [0.2, 0.25) is 0 Å². The third-order valence-corrected chi connectivity index (χ3v) is 3.48. The molecule has 0 bridgehead atoms. The molecule has 0 aromatic carbocycles. The zero-order valence-corrected chi connectivity index (χ0v) is 10.7. The normalized spacial score (nSPS) is 10.2. The van der Waals surface area contributed by atoms with Crippen molar-refractivity contribution in [2.24, 2.45) is 0 Å². The first kappa shape index (κ1) is 11.7. The number of nitrogens with zero attached hydrogens (tertiary/aromatic N) is 1. The molecule has 0 spiro atoms. The van der Waals surface area contributed by atoms with E-state index in [1.807, 2.05) is 6.92 Å². The fraction of sp³-hybridized carbons (Fsp3) is 0.444. The summed E-state index contributed by atoms with van der Waals surface area (Å²) in [4.78, 5) is 4.22. The van der Waals surface area contributed by atoms with Crippen molar-refractivity contribution in [3.63, 3.8) is 0 Å². The zero-order valence-electron chi connectivity index (χ0n) is 8.30. The number of aromatic nitrogens is 1. The van der Waals surface area contributed by atoms with Gasteiger partial charge in [0.15, 0.2) is 0 Å². The highest BCUT2D eigenvalue weighted by molar-refractivity contribution is 9.10. The Hall–Kier alpha value is -0.420. The van der Waals surface area contributed by atoms with Crippen LogP contribution < -0.4 is 11.1 Å². The topological polar surface area (TPSA) is 50.9 Å². The maximum Gasteiger partial charge on any atom is 0.140 e. The molecule has 0 unspecified atom stereocenters. The summed E-state index contributed by atoms with van der Waals surface area (Å²) < 4.78 is 0.957. The maximum atomic E-state index is 5.72. The Balaban J connectivity index is 2.73. The van der Waals surface area contributed by atoms with E-state index in [9.17, 15) is 0 Å². The lowest BCUT2D eigenvalue weighted by Crippen LogP contribution is -2.07. The van der Waals surface area contributed by atoms with Crippen LogP contribution in [-0.4, -0.2) is 23.5 Å². The minimum Gasteiger partial charge on any atom is -0.397 e. The van der Waals surface area contributed by atoms with Gasteiger partial charge >= 0.3 is 0 Å². The van der Waals surface area contributed by atoms with Crippen LogP contribution in [0.1, 0.15) is 5.56 Å². The van der Waals surface area contributed by atoms with Crippen LogP contribution in [0, 0.1) is 6.92 Å². The molecule has 0 aliphatic carbocycles. The van der Waals surface area contributed by atoms with Crippen LogP contribution in [0.25, 0.3) is 0 Å². The average molecular weight is 276 g/mol. The van der Waals surface area contributed by atoms with E-state index >= 15 is 0 Å². The lowest BCUT2D eigenvalue weighted by atomic mass is 10.2. The van der Waals surface area contributed by atoms with Crippen molar-refractivity contribution in [1.29, 1.82) is 0 Å². The summed E-state index contributed by atoms with van der Waals surface area (Å²) in [5.74, 6) is 1.93. The van der Waals surface area contributed by atoms with Gasteiger partial charge in [0.25, 0.3) is 0 Å². The van der Waals surface area contributed by atoms with E-state index in [1.54, 1.807) is 18.0 Å². The second-order valence-electron chi connectivity index (χ2n) is 2.92. The van der Waals surface area contributed by atoms with Crippen molar-refractivity contribution in [1.82, 2.24) is 4.98 Å². The summed E-state index contributed by atoms with van der Waals surface area (Å²) in [5, 5.41) is 3.25. The van der Waals surface area contributed by atoms with E-state index in [0.29, 0.717) is 5.69 Å². The molecule has 78 valence electrons. The van der Waals surface area contributed by atoms with Gasteiger partial charge in [-0.2, -0.15) is 11.8 Å². The highest BCUT2D eigenvalue weighted by Gasteiger charge is 2.06. The third-order valence-electron chi connectivity index (χ3n) is 1.90. The quantitative estimate of drug-likeness (QED) is 0.830. The Bertz CT molecular complexity index is 317. The molecule has 5 heteroatoms. The van der Waals surface area contributed by atoms with Gasteiger partial charge in [0.1, 0.15) is 5.82 Å². The SMILES string of the molecule is CSCCNc1ncc(N)c(C)c1Br. The summed E-state index contributed by atoms with van der Waals surface area (Å²) in [6.07, 6.45) is 3.76. The first-order chi connectivity index (χ1) is 6.66. The number of nitrogens with one attached hydrogen (secondary N) is 1. The Kier molecular flexibility index (Phi) is 4.54. The molecule has 1 rings (SSSR count). The van der Waals surface area contributed by atoms with Crippen LogP contribution in [0.4, 0.5) is 11.5 Å². The van der Waals surface area contributed by atoms with Crippen LogP contribution >= 0.6 is 27.7 Å². The largest absolute Gasteiger partial charge is 0.397 e. The summed E-state index contributed by atoms with van der Waals surface area (Å²) in [6.45, 7) is 2.89. The van der Waals surface area contributed by atoms with Crippen LogP contribution in [-0.2, 0) is 0 Å². The molecule has 0 amide bonds. The molecule has 0 atom stereocenters. The molecule has 1 heterocycles. The van der Waals surface area contributed by atoms with Crippen molar-refractivity contribution in [3.05, 3.63) is 16.2 Å². The molecule has 0 aliphatic rings. The van der Waals surface area contributed by atoms with Crippen LogP contribution in [0.3, 0.4) is 0 Å². The molecule has 14 heavy (non-hydrogen) atoms. The molecule has 0 fully saturated rings. The molecule has 0 aliphatic heterocycles. The molecule has 1 aromatic heterocycles. The van der Waals surface area contributed by atoms with Gasteiger partial charge in [-0.3, -0.25) is 0 Å². The second-order valence-corrected chi connectivity index (χ2v) is 4.70. The predicted octanol–water partition coefficient (Wildman–Crippen LogP) is 2.51. The minimum absolute atomic E-state index is 0.715. The molecule has 1 aromatic rings. The average Bonchev–Trinajstić information content (AvgIpc) is 2.18. The monoisotopic (exact) mass is 275 g/mol. The van der Waals surface area contributed by atoms with E-state index < -0.39 is 0 Å². The fourth-order valence-electron chi connectivity index (χ4n) is 0.987.